The first-order valence-corrected chi connectivity index (χ1v) is 11.5. The maximum Gasteiger partial charge on any atom is 0.192 e. The Hall–Kier alpha value is -3.32. The SMILES string of the molecule is CCOc1ccc(C(C)=O)cc1CSc1nnc(-c2ccccc2C)n1Cc1ccco1. The average molecular weight is 448 g/mol. The topological polar surface area (TPSA) is 70.2 Å². The predicted octanol–water partition coefficient (Wildman–Crippen LogP) is 5.79. The summed E-state index contributed by atoms with van der Waals surface area (Å²) in [4.78, 5) is 11.9. The highest BCUT2D eigenvalue weighted by atomic mass is 32.2. The largest absolute Gasteiger partial charge is 0.494 e. The number of hydrogen-bond donors (Lipinski definition) is 0. The molecule has 0 unspecified atom stereocenters. The summed E-state index contributed by atoms with van der Waals surface area (Å²) in [6.07, 6.45) is 1.67. The number of rotatable bonds is 9. The summed E-state index contributed by atoms with van der Waals surface area (Å²) in [5, 5.41) is 9.77. The van der Waals surface area contributed by atoms with Crippen LogP contribution in [-0.2, 0) is 12.3 Å². The number of Topliss-reactive ketones (excluding diaryl/α,β-unsaturated/α-hetero) is 1. The number of ether oxygens (including phenoxy) is 1. The van der Waals surface area contributed by atoms with Gasteiger partial charge in [-0.05, 0) is 56.7 Å². The lowest BCUT2D eigenvalue weighted by molar-refractivity contribution is 0.101. The van der Waals surface area contributed by atoms with Crippen molar-refractivity contribution in [2.45, 2.75) is 38.2 Å². The van der Waals surface area contributed by atoms with Gasteiger partial charge in [0.15, 0.2) is 16.8 Å². The third kappa shape index (κ3) is 4.78. The van der Waals surface area contributed by atoms with Crippen LogP contribution >= 0.6 is 11.8 Å². The zero-order chi connectivity index (χ0) is 22.5. The van der Waals surface area contributed by atoms with Gasteiger partial charge in [0.05, 0.1) is 19.4 Å². The Morgan fingerprint density at radius 1 is 1.12 bits per heavy atom. The molecule has 0 fully saturated rings. The number of furan rings is 1. The van der Waals surface area contributed by atoms with Crippen LogP contribution in [0.15, 0.2) is 70.4 Å². The van der Waals surface area contributed by atoms with E-state index >= 15 is 0 Å². The molecule has 0 radical (unpaired) electrons. The molecule has 0 aliphatic rings. The predicted molar refractivity (Wildman–Crippen MR) is 125 cm³/mol. The summed E-state index contributed by atoms with van der Waals surface area (Å²) in [6.45, 7) is 6.67. The maximum atomic E-state index is 11.9. The summed E-state index contributed by atoms with van der Waals surface area (Å²) in [6, 6.07) is 17.5. The smallest absolute Gasteiger partial charge is 0.192 e. The number of hydrogen-bond acceptors (Lipinski definition) is 6. The van der Waals surface area contributed by atoms with E-state index in [4.69, 9.17) is 9.15 Å². The molecule has 0 aliphatic carbocycles. The van der Waals surface area contributed by atoms with Gasteiger partial charge in [-0.2, -0.15) is 0 Å². The van der Waals surface area contributed by atoms with E-state index in [-0.39, 0.29) is 5.78 Å². The number of aromatic nitrogens is 3. The highest BCUT2D eigenvalue weighted by Crippen LogP contribution is 2.32. The van der Waals surface area contributed by atoms with Crippen molar-refractivity contribution in [3.8, 4) is 17.1 Å². The van der Waals surface area contributed by atoms with E-state index in [1.54, 1.807) is 31.0 Å². The van der Waals surface area contributed by atoms with E-state index < -0.39 is 0 Å². The van der Waals surface area contributed by atoms with Crippen LogP contribution in [0.25, 0.3) is 11.4 Å². The molecule has 6 nitrogen and oxygen atoms in total. The standard InChI is InChI=1S/C25H25N3O3S/c1-4-30-23-12-11-19(18(3)29)14-20(23)16-32-25-27-26-24(22-10-6-5-8-17(22)2)28(25)15-21-9-7-13-31-21/h5-14H,4,15-16H2,1-3H3. The highest BCUT2D eigenvalue weighted by molar-refractivity contribution is 7.98. The fraction of sp³-hybridized carbons (Fsp3) is 0.240. The van der Waals surface area contributed by atoms with Gasteiger partial charge in [-0.1, -0.05) is 36.0 Å². The Balaban J connectivity index is 1.68. The molecule has 2 heterocycles. The molecule has 4 rings (SSSR count). The maximum absolute atomic E-state index is 11.9. The van der Waals surface area contributed by atoms with Crippen molar-refractivity contribution < 1.29 is 13.9 Å². The van der Waals surface area contributed by atoms with E-state index in [9.17, 15) is 4.79 Å². The first kappa shape index (κ1) is 21.9. The van der Waals surface area contributed by atoms with Crippen molar-refractivity contribution >= 4 is 17.5 Å². The summed E-state index contributed by atoms with van der Waals surface area (Å²) < 4.78 is 13.4. The number of ketones is 1. The lowest BCUT2D eigenvalue weighted by Gasteiger charge is -2.13. The Bertz CT molecular complexity index is 1220. The van der Waals surface area contributed by atoms with Gasteiger partial charge in [-0.25, -0.2) is 0 Å². The van der Waals surface area contributed by atoms with Crippen molar-refractivity contribution in [1.29, 1.82) is 0 Å². The fourth-order valence-corrected chi connectivity index (χ4v) is 4.38. The Labute approximate surface area is 191 Å². The summed E-state index contributed by atoms with van der Waals surface area (Å²) in [5.74, 6) is 3.03. The van der Waals surface area contributed by atoms with Gasteiger partial charge in [-0.15, -0.1) is 10.2 Å². The number of carbonyl (C=O) groups is 1. The molecule has 0 atom stereocenters. The van der Waals surface area contributed by atoms with Crippen LogP contribution in [0.1, 0.15) is 41.1 Å². The van der Waals surface area contributed by atoms with E-state index in [1.807, 2.05) is 43.3 Å². The van der Waals surface area contributed by atoms with Crippen molar-refractivity contribution in [1.82, 2.24) is 14.8 Å². The van der Waals surface area contributed by atoms with Gasteiger partial charge in [0.2, 0.25) is 0 Å². The van der Waals surface area contributed by atoms with Gasteiger partial charge in [-0.3, -0.25) is 9.36 Å². The van der Waals surface area contributed by atoms with E-state index in [0.29, 0.717) is 24.5 Å². The van der Waals surface area contributed by atoms with Crippen LogP contribution in [-0.4, -0.2) is 27.2 Å². The molecule has 0 saturated carbocycles. The lowest BCUT2D eigenvalue weighted by atomic mass is 10.1. The molecule has 4 aromatic rings. The average Bonchev–Trinajstić information content (AvgIpc) is 3.44. The van der Waals surface area contributed by atoms with Crippen molar-refractivity contribution in [2.24, 2.45) is 0 Å². The Kier molecular flexibility index (Phi) is 6.75. The second kappa shape index (κ2) is 9.87. The molecule has 0 bridgehead atoms. The number of carbonyl (C=O) groups excluding carboxylic acids is 1. The minimum Gasteiger partial charge on any atom is -0.494 e. The molecule has 0 N–H and O–H groups in total. The quantitative estimate of drug-likeness (QED) is 0.239. The fourth-order valence-electron chi connectivity index (χ4n) is 3.47. The third-order valence-corrected chi connectivity index (χ3v) is 6.14. The third-order valence-electron chi connectivity index (χ3n) is 5.12. The summed E-state index contributed by atoms with van der Waals surface area (Å²) >= 11 is 1.56. The molecular formula is C25H25N3O3S. The van der Waals surface area contributed by atoms with Crippen LogP contribution in [0, 0.1) is 6.92 Å². The van der Waals surface area contributed by atoms with Crippen molar-refractivity contribution in [3.63, 3.8) is 0 Å². The molecule has 32 heavy (non-hydrogen) atoms. The van der Waals surface area contributed by atoms with Gasteiger partial charge < -0.3 is 9.15 Å². The molecule has 2 aromatic heterocycles. The molecule has 0 aliphatic heterocycles. The number of aryl methyl sites for hydroxylation is 1. The highest BCUT2D eigenvalue weighted by Gasteiger charge is 2.18. The Morgan fingerprint density at radius 3 is 2.69 bits per heavy atom. The zero-order valence-electron chi connectivity index (χ0n) is 18.4. The van der Waals surface area contributed by atoms with Gasteiger partial charge in [0.25, 0.3) is 0 Å². The minimum atomic E-state index is 0.0297. The lowest BCUT2D eigenvalue weighted by Crippen LogP contribution is -2.04. The van der Waals surface area contributed by atoms with Crippen LogP contribution < -0.4 is 4.74 Å². The van der Waals surface area contributed by atoms with E-state index in [2.05, 4.69) is 33.8 Å². The normalized spacial score (nSPS) is 11.0. The second-order valence-electron chi connectivity index (χ2n) is 7.39. The molecule has 0 saturated heterocycles. The molecule has 164 valence electrons. The van der Waals surface area contributed by atoms with Crippen LogP contribution in [0.3, 0.4) is 0 Å². The number of thioether (sulfide) groups is 1. The molecule has 7 heteroatoms. The molecule has 0 spiro atoms. The second-order valence-corrected chi connectivity index (χ2v) is 8.33. The first-order chi connectivity index (χ1) is 15.6. The minimum absolute atomic E-state index is 0.0297. The molecule has 2 aromatic carbocycles. The van der Waals surface area contributed by atoms with Crippen LogP contribution in [0.2, 0.25) is 0 Å². The van der Waals surface area contributed by atoms with Crippen molar-refractivity contribution in [2.75, 3.05) is 6.61 Å². The van der Waals surface area contributed by atoms with Crippen LogP contribution in [0.5, 0.6) is 5.75 Å². The monoisotopic (exact) mass is 447 g/mol. The van der Waals surface area contributed by atoms with Gasteiger partial charge in [0, 0.05) is 22.4 Å². The van der Waals surface area contributed by atoms with Crippen LogP contribution in [0.4, 0.5) is 0 Å². The Morgan fingerprint density at radius 2 is 1.97 bits per heavy atom. The van der Waals surface area contributed by atoms with Crippen molar-refractivity contribution in [3.05, 3.63) is 83.3 Å². The number of nitrogens with zero attached hydrogens (tertiary/aromatic N) is 3. The van der Waals surface area contributed by atoms with E-state index in [1.165, 1.54) is 0 Å². The molecule has 0 amide bonds. The summed E-state index contributed by atoms with van der Waals surface area (Å²) in [7, 11) is 0. The first-order valence-electron chi connectivity index (χ1n) is 10.5. The van der Waals surface area contributed by atoms with E-state index in [0.717, 1.165) is 39.2 Å². The van der Waals surface area contributed by atoms with Gasteiger partial charge >= 0.3 is 0 Å². The summed E-state index contributed by atoms with van der Waals surface area (Å²) in [5.41, 5.74) is 3.79. The zero-order valence-corrected chi connectivity index (χ0v) is 19.2. The molecular weight excluding hydrogens is 422 g/mol. The number of benzene rings is 2. The van der Waals surface area contributed by atoms with Gasteiger partial charge in [0.1, 0.15) is 11.5 Å².